The van der Waals surface area contributed by atoms with Gasteiger partial charge in [0.2, 0.25) is 0 Å². The molecule has 0 aliphatic carbocycles. The molecule has 0 unspecified atom stereocenters. The molecule has 0 saturated carbocycles. The summed E-state index contributed by atoms with van der Waals surface area (Å²) >= 11 is 1.92. The van der Waals surface area contributed by atoms with Crippen molar-refractivity contribution < 1.29 is 4.42 Å². The molecule has 0 bridgehead atoms. The standard InChI is InChI=1S/C44H25NOS/c1-2-10-30-27(9-1)19-23-34-40-32-12-3-6-14-36(32)45(43(40)42-33-13-5-8-16-39(33)47-44(42)41(30)34)29-21-17-26(18-22-29)28-20-24-38-35(25-28)31-11-4-7-15-37(31)46-38/h1-25H. The van der Waals surface area contributed by atoms with Crippen LogP contribution in [0.15, 0.2) is 156 Å². The van der Waals surface area contributed by atoms with Gasteiger partial charge in [-0.2, -0.15) is 0 Å². The molecule has 218 valence electrons. The molecular formula is C44H25NOS. The van der Waals surface area contributed by atoms with Crippen LogP contribution in [0.3, 0.4) is 0 Å². The summed E-state index contributed by atoms with van der Waals surface area (Å²) in [6.07, 6.45) is 0. The van der Waals surface area contributed by atoms with Crippen LogP contribution in [-0.4, -0.2) is 4.57 Å². The van der Waals surface area contributed by atoms with Crippen LogP contribution in [0.2, 0.25) is 0 Å². The number of furan rings is 1. The maximum Gasteiger partial charge on any atom is 0.135 e. The van der Waals surface area contributed by atoms with Crippen LogP contribution in [0.4, 0.5) is 0 Å². The number of rotatable bonds is 2. The zero-order valence-corrected chi connectivity index (χ0v) is 26.0. The second-order valence-corrected chi connectivity index (χ2v) is 13.5. The van der Waals surface area contributed by atoms with Gasteiger partial charge in [-0.3, -0.25) is 0 Å². The molecule has 0 saturated heterocycles. The minimum absolute atomic E-state index is 0.920. The summed E-state index contributed by atoms with van der Waals surface area (Å²) in [4.78, 5) is 0. The smallest absolute Gasteiger partial charge is 0.135 e. The normalized spacial score (nSPS) is 12.3. The highest BCUT2D eigenvalue weighted by Crippen LogP contribution is 2.49. The van der Waals surface area contributed by atoms with E-state index < -0.39 is 0 Å². The number of benzene rings is 8. The third-order valence-corrected chi connectivity index (χ3v) is 11.2. The lowest BCUT2D eigenvalue weighted by Crippen LogP contribution is -1.94. The molecule has 0 fully saturated rings. The summed E-state index contributed by atoms with van der Waals surface area (Å²) in [7, 11) is 0. The Labute approximate surface area is 273 Å². The largest absolute Gasteiger partial charge is 0.456 e. The van der Waals surface area contributed by atoms with Gasteiger partial charge < -0.3 is 8.98 Å². The molecule has 0 spiro atoms. The second-order valence-electron chi connectivity index (χ2n) is 12.4. The molecule has 3 heteroatoms. The Morgan fingerprint density at radius 2 is 1.15 bits per heavy atom. The Balaban J connectivity index is 1.22. The molecule has 11 rings (SSSR count). The van der Waals surface area contributed by atoms with Crippen molar-refractivity contribution in [3.63, 3.8) is 0 Å². The van der Waals surface area contributed by atoms with E-state index in [1.165, 1.54) is 74.6 Å². The van der Waals surface area contributed by atoms with E-state index in [0.717, 1.165) is 27.6 Å². The third kappa shape index (κ3) is 3.44. The van der Waals surface area contributed by atoms with Crippen molar-refractivity contribution >= 4 is 96.8 Å². The predicted molar refractivity (Wildman–Crippen MR) is 201 cm³/mol. The van der Waals surface area contributed by atoms with Crippen LogP contribution in [0.1, 0.15) is 0 Å². The van der Waals surface area contributed by atoms with Crippen LogP contribution < -0.4 is 0 Å². The zero-order valence-electron chi connectivity index (χ0n) is 25.2. The van der Waals surface area contributed by atoms with Crippen molar-refractivity contribution in [3.05, 3.63) is 152 Å². The van der Waals surface area contributed by atoms with Crippen LogP contribution in [0, 0.1) is 0 Å². The van der Waals surface area contributed by atoms with E-state index in [1.54, 1.807) is 0 Å². The number of nitrogens with zero attached hydrogens (tertiary/aromatic N) is 1. The van der Waals surface area contributed by atoms with Gasteiger partial charge >= 0.3 is 0 Å². The second kappa shape index (κ2) is 9.32. The number of para-hydroxylation sites is 2. The van der Waals surface area contributed by atoms with Gasteiger partial charge in [-0.05, 0) is 69.8 Å². The first kappa shape index (κ1) is 25.3. The monoisotopic (exact) mass is 615 g/mol. The molecule has 3 heterocycles. The fourth-order valence-electron chi connectivity index (χ4n) is 7.91. The fraction of sp³-hybridized carbons (Fsp3) is 0. The van der Waals surface area contributed by atoms with E-state index in [0.29, 0.717) is 0 Å². The average molecular weight is 616 g/mol. The molecule has 0 N–H and O–H groups in total. The van der Waals surface area contributed by atoms with Crippen LogP contribution in [0.25, 0.3) is 102 Å². The minimum atomic E-state index is 0.920. The van der Waals surface area contributed by atoms with E-state index in [4.69, 9.17) is 4.42 Å². The molecule has 0 aliphatic rings. The molecule has 8 aromatic carbocycles. The average Bonchev–Trinajstić information content (AvgIpc) is 3.81. The van der Waals surface area contributed by atoms with Crippen molar-refractivity contribution in [1.82, 2.24) is 4.57 Å². The highest BCUT2D eigenvalue weighted by atomic mass is 32.1. The fourth-order valence-corrected chi connectivity index (χ4v) is 9.18. The molecule has 11 aromatic rings. The lowest BCUT2D eigenvalue weighted by molar-refractivity contribution is 0.669. The Hall–Kier alpha value is -5.90. The number of hydrogen-bond acceptors (Lipinski definition) is 2. The van der Waals surface area contributed by atoms with E-state index in [9.17, 15) is 0 Å². The van der Waals surface area contributed by atoms with Crippen LogP contribution >= 0.6 is 11.3 Å². The van der Waals surface area contributed by atoms with Crippen molar-refractivity contribution in [2.24, 2.45) is 0 Å². The Morgan fingerprint density at radius 3 is 2.04 bits per heavy atom. The highest BCUT2D eigenvalue weighted by molar-refractivity contribution is 7.27. The molecule has 0 amide bonds. The van der Waals surface area contributed by atoms with Gasteiger partial charge in [0.1, 0.15) is 11.2 Å². The molecule has 2 nitrogen and oxygen atoms in total. The Morgan fingerprint density at radius 1 is 0.447 bits per heavy atom. The van der Waals surface area contributed by atoms with Gasteiger partial charge in [-0.1, -0.05) is 109 Å². The topological polar surface area (TPSA) is 18.1 Å². The van der Waals surface area contributed by atoms with Crippen molar-refractivity contribution in [2.45, 2.75) is 0 Å². The van der Waals surface area contributed by atoms with Crippen LogP contribution in [0.5, 0.6) is 0 Å². The molecular weight excluding hydrogens is 591 g/mol. The summed E-state index contributed by atoms with van der Waals surface area (Å²) < 4.78 is 11.3. The maximum absolute atomic E-state index is 6.10. The van der Waals surface area contributed by atoms with Crippen molar-refractivity contribution in [1.29, 1.82) is 0 Å². The van der Waals surface area contributed by atoms with E-state index in [1.807, 2.05) is 23.5 Å². The summed E-state index contributed by atoms with van der Waals surface area (Å²) in [5.74, 6) is 0. The zero-order chi connectivity index (χ0) is 30.6. The molecule has 47 heavy (non-hydrogen) atoms. The van der Waals surface area contributed by atoms with Crippen molar-refractivity contribution in [3.8, 4) is 16.8 Å². The van der Waals surface area contributed by atoms with E-state index in [-0.39, 0.29) is 0 Å². The number of thiophene rings is 1. The van der Waals surface area contributed by atoms with Crippen molar-refractivity contribution in [2.75, 3.05) is 0 Å². The van der Waals surface area contributed by atoms with Gasteiger partial charge in [0.25, 0.3) is 0 Å². The molecule has 0 radical (unpaired) electrons. The van der Waals surface area contributed by atoms with Gasteiger partial charge in [-0.25, -0.2) is 0 Å². The summed E-state index contributed by atoms with van der Waals surface area (Å²) in [6, 6.07) is 55.1. The van der Waals surface area contributed by atoms with E-state index >= 15 is 0 Å². The molecule has 0 atom stereocenters. The van der Waals surface area contributed by atoms with Gasteiger partial charge in [0, 0.05) is 52.8 Å². The Bertz CT molecular complexity index is 3060. The Kier molecular flexibility index (Phi) is 5.02. The summed E-state index contributed by atoms with van der Waals surface area (Å²) in [5, 5.41) is 12.8. The number of fused-ring (bicyclic) bond motifs is 15. The SMILES string of the molecule is c1ccc2c(c1)ccc1c2c2sc3ccccc3c2c2c1c1ccccc1n2-c1ccc(-c2ccc3oc4ccccc4c3c2)cc1. The van der Waals surface area contributed by atoms with Crippen LogP contribution in [-0.2, 0) is 0 Å². The summed E-state index contributed by atoms with van der Waals surface area (Å²) in [6.45, 7) is 0. The first-order valence-corrected chi connectivity index (χ1v) is 16.8. The quantitative estimate of drug-likeness (QED) is 0.177. The highest BCUT2D eigenvalue weighted by Gasteiger charge is 2.23. The number of aromatic nitrogens is 1. The first-order chi connectivity index (χ1) is 23.3. The molecule has 0 aliphatic heterocycles. The molecule has 3 aromatic heterocycles. The minimum Gasteiger partial charge on any atom is -0.456 e. The van der Waals surface area contributed by atoms with E-state index in [2.05, 4.69) is 144 Å². The maximum atomic E-state index is 6.10. The van der Waals surface area contributed by atoms with Gasteiger partial charge in [-0.15, -0.1) is 11.3 Å². The third-order valence-electron chi connectivity index (χ3n) is 9.97. The lowest BCUT2D eigenvalue weighted by Gasteiger charge is -2.13. The lowest BCUT2D eigenvalue weighted by atomic mass is 9.95. The summed E-state index contributed by atoms with van der Waals surface area (Å²) in [5.41, 5.74) is 7.87. The first-order valence-electron chi connectivity index (χ1n) is 16.0. The van der Waals surface area contributed by atoms with Gasteiger partial charge in [0.15, 0.2) is 0 Å². The predicted octanol–water partition coefficient (Wildman–Crippen LogP) is 13.0. The van der Waals surface area contributed by atoms with Gasteiger partial charge in [0.05, 0.1) is 11.0 Å². The number of hydrogen-bond donors (Lipinski definition) is 0.